The van der Waals surface area contributed by atoms with Gasteiger partial charge < -0.3 is 15.4 Å². The average molecular weight is 449 g/mol. The molecule has 9 nitrogen and oxygen atoms in total. The van der Waals surface area contributed by atoms with Crippen LogP contribution >= 0.6 is 0 Å². The fourth-order valence-corrected chi connectivity index (χ4v) is 3.74. The van der Waals surface area contributed by atoms with Crippen molar-refractivity contribution >= 4 is 23.5 Å². The lowest BCUT2D eigenvalue weighted by atomic mass is 10.0. The van der Waals surface area contributed by atoms with E-state index in [1.54, 1.807) is 35.4 Å². The van der Waals surface area contributed by atoms with Gasteiger partial charge in [-0.25, -0.2) is 24.3 Å². The number of hydrogen-bond acceptors (Lipinski definition) is 7. The van der Waals surface area contributed by atoms with E-state index in [1.165, 1.54) is 6.92 Å². The maximum absolute atomic E-state index is 12.4. The fourth-order valence-electron chi connectivity index (χ4n) is 3.74. The number of ether oxygens (including phenoxy) is 1. The van der Waals surface area contributed by atoms with E-state index in [0.29, 0.717) is 24.6 Å². The van der Waals surface area contributed by atoms with Gasteiger partial charge >= 0.3 is 12.3 Å². The summed E-state index contributed by atoms with van der Waals surface area (Å²) in [5.41, 5.74) is 1.64. The number of nitrogens with zero attached hydrogens (tertiary/aromatic N) is 5. The van der Waals surface area contributed by atoms with E-state index in [0.717, 1.165) is 17.6 Å². The summed E-state index contributed by atoms with van der Waals surface area (Å²) in [5.74, 6) is 1.07. The first-order valence-electron chi connectivity index (χ1n) is 10.2. The smallest absolute Gasteiger partial charge is 0.407 e. The van der Waals surface area contributed by atoms with Crippen LogP contribution in [0.15, 0.2) is 36.9 Å². The van der Waals surface area contributed by atoms with Crippen LogP contribution in [0.5, 0.6) is 0 Å². The molecule has 1 amide bonds. The molecule has 0 bridgehead atoms. The van der Waals surface area contributed by atoms with E-state index in [1.807, 2.05) is 6.07 Å². The highest BCUT2D eigenvalue weighted by Crippen LogP contribution is 2.35. The summed E-state index contributed by atoms with van der Waals surface area (Å²) in [6.07, 6.45) is 2.15. The van der Waals surface area contributed by atoms with Crippen LogP contribution in [0.1, 0.15) is 44.1 Å². The van der Waals surface area contributed by atoms with Gasteiger partial charge in [0.05, 0.1) is 6.42 Å². The molecule has 0 spiro atoms. The number of anilines is 2. The average Bonchev–Trinajstić information content (AvgIpc) is 3.36. The van der Waals surface area contributed by atoms with E-state index in [2.05, 4.69) is 30.7 Å². The number of alkyl halides is 3. The molecule has 0 aromatic carbocycles. The zero-order valence-corrected chi connectivity index (χ0v) is 17.2. The van der Waals surface area contributed by atoms with Crippen LogP contribution < -0.4 is 10.6 Å². The molecule has 1 aliphatic rings. The van der Waals surface area contributed by atoms with E-state index < -0.39 is 24.7 Å². The summed E-state index contributed by atoms with van der Waals surface area (Å²) in [6.45, 7) is 1.29. The van der Waals surface area contributed by atoms with Gasteiger partial charge in [0.2, 0.25) is 5.95 Å². The number of carbonyl (C=O) groups excluding carboxylic acids is 1. The maximum Gasteiger partial charge on any atom is 0.407 e. The Kier molecular flexibility index (Phi) is 6.10. The SMILES string of the molecule is C[C@@H](CC(F)(F)F)NC(=O)O[C@@H]1CC[C@H](c2cnc(Nc3ccc4nccn4n3)nc2)C1. The molecule has 12 heteroatoms. The lowest BCUT2D eigenvalue weighted by molar-refractivity contribution is -0.138. The summed E-state index contributed by atoms with van der Waals surface area (Å²) >= 11 is 0. The normalized spacial score (nSPS) is 19.6. The number of fused-ring (bicyclic) bond motifs is 1. The molecule has 3 aromatic heterocycles. The quantitative estimate of drug-likeness (QED) is 0.587. The van der Waals surface area contributed by atoms with E-state index >= 15 is 0 Å². The van der Waals surface area contributed by atoms with E-state index in [9.17, 15) is 18.0 Å². The minimum Gasteiger partial charge on any atom is -0.446 e. The lowest BCUT2D eigenvalue weighted by Gasteiger charge is -2.18. The minimum atomic E-state index is -4.34. The van der Waals surface area contributed by atoms with Gasteiger partial charge in [-0.05, 0) is 49.8 Å². The molecule has 4 rings (SSSR count). The van der Waals surface area contributed by atoms with Crippen molar-refractivity contribution in [3.05, 3.63) is 42.5 Å². The summed E-state index contributed by atoms with van der Waals surface area (Å²) < 4.78 is 44.1. The van der Waals surface area contributed by atoms with E-state index in [-0.39, 0.29) is 12.0 Å². The molecule has 1 saturated carbocycles. The molecular formula is C20H22F3N7O2. The number of amides is 1. The second-order valence-electron chi connectivity index (χ2n) is 7.82. The largest absolute Gasteiger partial charge is 0.446 e. The Morgan fingerprint density at radius 1 is 1.25 bits per heavy atom. The number of rotatable bonds is 6. The molecule has 1 aliphatic carbocycles. The number of imidazole rings is 1. The van der Waals surface area contributed by atoms with Crippen molar-refractivity contribution in [1.82, 2.24) is 29.9 Å². The number of aromatic nitrogens is 5. The first-order chi connectivity index (χ1) is 15.2. The minimum absolute atomic E-state index is 0.106. The third-order valence-electron chi connectivity index (χ3n) is 5.20. The van der Waals surface area contributed by atoms with Crippen molar-refractivity contribution in [1.29, 1.82) is 0 Å². The number of halogens is 3. The zero-order chi connectivity index (χ0) is 22.7. The fraction of sp³-hybridized carbons (Fsp3) is 0.450. The molecule has 0 saturated heterocycles. The molecule has 0 radical (unpaired) electrons. The van der Waals surface area contributed by atoms with Gasteiger partial charge in [0.15, 0.2) is 11.5 Å². The third kappa shape index (κ3) is 5.62. The number of hydrogen-bond donors (Lipinski definition) is 2. The van der Waals surface area contributed by atoms with Crippen LogP contribution in [-0.4, -0.2) is 49.0 Å². The van der Waals surface area contributed by atoms with Gasteiger partial charge in [-0.1, -0.05) is 0 Å². The van der Waals surface area contributed by atoms with Gasteiger partial charge in [0.25, 0.3) is 0 Å². The van der Waals surface area contributed by atoms with Crippen LogP contribution in [0, 0.1) is 0 Å². The van der Waals surface area contributed by atoms with Gasteiger partial charge in [-0.3, -0.25) is 0 Å². The van der Waals surface area contributed by atoms with Gasteiger partial charge in [0.1, 0.15) is 6.10 Å². The van der Waals surface area contributed by atoms with Crippen molar-refractivity contribution in [2.45, 2.75) is 56.8 Å². The molecule has 170 valence electrons. The Hall–Kier alpha value is -3.44. The topological polar surface area (TPSA) is 106 Å². The van der Waals surface area contributed by atoms with Gasteiger partial charge in [-0.2, -0.15) is 13.2 Å². The Morgan fingerprint density at radius 3 is 2.78 bits per heavy atom. The van der Waals surface area contributed by atoms with E-state index in [4.69, 9.17) is 4.74 Å². The molecule has 0 aliphatic heterocycles. The molecule has 3 aromatic rings. The van der Waals surface area contributed by atoms with Crippen LogP contribution in [0.4, 0.5) is 29.7 Å². The van der Waals surface area contributed by atoms with Crippen LogP contribution in [0.2, 0.25) is 0 Å². The number of carbonyl (C=O) groups is 1. The summed E-state index contributed by atoms with van der Waals surface area (Å²) in [7, 11) is 0. The molecular weight excluding hydrogens is 427 g/mol. The lowest BCUT2D eigenvalue weighted by Crippen LogP contribution is -2.37. The Balaban J connectivity index is 1.28. The van der Waals surface area contributed by atoms with Crippen molar-refractivity contribution in [2.75, 3.05) is 5.32 Å². The van der Waals surface area contributed by atoms with Crippen molar-refractivity contribution in [3.8, 4) is 0 Å². The standard InChI is InChI=1S/C20H22F3N7O2/c1-12(9-20(21,22)23)27-19(31)32-15-3-2-13(8-15)14-10-25-18(26-11-14)28-16-4-5-17-24-6-7-30(17)29-16/h4-7,10-13,15H,2-3,8-9H2,1H3,(H,27,31)(H,25,26,28,29)/t12-,13-,15+/m0/s1. The Labute approximate surface area is 181 Å². The van der Waals surface area contributed by atoms with Gasteiger partial charge in [0, 0.05) is 30.8 Å². The summed E-state index contributed by atoms with van der Waals surface area (Å²) in [6, 6.07) is 2.55. The Bertz CT molecular complexity index is 1070. The summed E-state index contributed by atoms with van der Waals surface area (Å²) in [4.78, 5) is 24.7. The number of alkyl carbamates (subject to hydrolysis) is 1. The first kappa shape index (κ1) is 21.8. The van der Waals surface area contributed by atoms with Crippen molar-refractivity contribution < 1.29 is 22.7 Å². The molecule has 3 heterocycles. The molecule has 0 unspecified atom stereocenters. The van der Waals surface area contributed by atoms with Crippen molar-refractivity contribution in [3.63, 3.8) is 0 Å². The third-order valence-corrected chi connectivity index (χ3v) is 5.20. The van der Waals surface area contributed by atoms with Crippen LogP contribution in [0.3, 0.4) is 0 Å². The molecule has 2 N–H and O–H groups in total. The molecule has 3 atom stereocenters. The van der Waals surface area contributed by atoms with Gasteiger partial charge in [-0.15, -0.1) is 5.10 Å². The molecule has 32 heavy (non-hydrogen) atoms. The van der Waals surface area contributed by atoms with Crippen molar-refractivity contribution in [2.24, 2.45) is 0 Å². The monoisotopic (exact) mass is 449 g/mol. The maximum atomic E-state index is 12.4. The Morgan fingerprint density at radius 2 is 2.03 bits per heavy atom. The van der Waals surface area contributed by atoms with Crippen LogP contribution in [0.25, 0.3) is 5.65 Å². The molecule has 1 fully saturated rings. The highest BCUT2D eigenvalue weighted by molar-refractivity contribution is 5.67. The zero-order valence-electron chi connectivity index (χ0n) is 17.2. The number of nitrogens with one attached hydrogen (secondary N) is 2. The predicted octanol–water partition coefficient (Wildman–Crippen LogP) is 3.97. The second-order valence-corrected chi connectivity index (χ2v) is 7.82. The highest BCUT2D eigenvalue weighted by atomic mass is 19.4. The highest BCUT2D eigenvalue weighted by Gasteiger charge is 2.32. The second kappa shape index (κ2) is 8.97. The first-order valence-corrected chi connectivity index (χ1v) is 10.2. The van der Waals surface area contributed by atoms with Crippen LogP contribution in [-0.2, 0) is 4.74 Å². The predicted molar refractivity (Wildman–Crippen MR) is 108 cm³/mol. The summed E-state index contributed by atoms with van der Waals surface area (Å²) in [5, 5.41) is 9.62.